The van der Waals surface area contributed by atoms with Crippen LogP contribution in [0.25, 0.3) is 0 Å². The van der Waals surface area contributed by atoms with E-state index < -0.39 is 0 Å². The minimum Gasteiger partial charge on any atom is -0.486 e. The van der Waals surface area contributed by atoms with Gasteiger partial charge in [-0.1, -0.05) is 60.2 Å². The number of hydrogen-bond acceptors (Lipinski definition) is 2. The lowest BCUT2D eigenvalue weighted by molar-refractivity contribution is 0.121. The van der Waals surface area contributed by atoms with Gasteiger partial charge in [-0.05, 0) is 69.4 Å². The lowest BCUT2D eigenvalue weighted by Crippen LogP contribution is -2.31. The molecule has 29 heavy (non-hydrogen) atoms. The van der Waals surface area contributed by atoms with Crippen LogP contribution in [-0.2, 0) is 6.54 Å². The molecule has 0 fully saturated rings. The maximum atomic E-state index is 6.57. The Morgan fingerprint density at radius 3 is 2.14 bits per heavy atom. The lowest BCUT2D eigenvalue weighted by atomic mass is 9.78. The van der Waals surface area contributed by atoms with Gasteiger partial charge < -0.3 is 10.1 Å². The second-order valence-electron chi connectivity index (χ2n) is 8.88. The van der Waals surface area contributed by atoms with E-state index >= 15 is 0 Å². The largest absolute Gasteiger partial charge is 0.486 e. The molecule has 2 heteroatoms. The molecule has 1 heterocycles. The molecule has 1 atom stereocenters. The molecule has 0 saturated heterocycles. The van der Waals surface area contributed by atoms with E-state index in [9.17, 15) is 0 Å². The van der Waals surface area contributed by atoms with Crippen LogP contribution in [0.5, 0.6) is 5.75 Å². The summed E-state index contributed by atoms with van der Waals surface area (Å²) in [5, 5.41) is 3.72. The van der Waals surface area contributed by atoms with E-state index in [0.29, 0.717) is 0 Å². The molecule has 0 bridgehead atoms. The zero-order chi connectivity index (χ0) is 20.8. The van der Waals surface area contributed by atoms with Crippen LogP contribution >= 0.6 is 0 Å². The molecule has 0 saturated carbocycles. The Kier molecular flexibility index (Phi) is 4.90. The summed E-state index contributed by atoms with van der Waals surface area (Å²) < 4.78 is 6.57. The van der Waals surface area contributed by atoms with Crippen LogP contribution in [-0.4, -0.2) is 5.60 Å². The monoisotopic (exact) mass is 385 g/mol. The molecule has 1 unspecified atom stereocenters. The van der Waals surface area contributed by atoms with Crippen molar-refractivity contribution in [3.05, 3.63) is 93.5 Å². The van der Waals surface area contributed by atoms with Gasteiger partial charge in [0.15, 0.2) is 0 Å². The van der Waals surface area contributed by atoms with E-state index in [1.165, 1.54) is 44.6 Å². The SMILES string of the molecule is Cc1ccc(C2c3c(C)c(NCc4ccccc4)c(C)c(C)c3OC2(C)C)cc1. The second-order valence-corrected chi connectivity index (χ2v) is 8.88. The maximum Gasteiger partial charge on any atom is 0.127 e. The number of fused-ring (bicyclic) bond motifs is 1. The fraction of sp³-hybridized carbons (Fsp3) is 0.333. The summed E-state index contributed by atoms with van der Waals surface area (Å²) in [5.41, 5.74) is 10.00. The van der Waals surface area contributed by atoms with E-state index in [2.05, 4.69) is 101 Å². The zero-order valence-corrected chi connectivity index (χ0v) is 18.4. The molecule has 0 amide bonds. The van der Waals surface area contributed by atoms with Gasteiger partial charge in [0.25, 0.3) is 0 Å². The molecule has 0 aromatic heterocycles. The van der Waals surface area contributed by atoms with Crippen LogP contribution in [0.3, 0.4) is 0 Å². The van der Waals surface area contributed by atoms with Gasteiger partial charge in [-0.2, -0.15) is 0 Å². The first kappa shape index (κ1) is 19.6. The molecule has 1 aliphatic heterocycles. The van der Waals surface area contributed by atoms with Crippen molar-refractivity contribution in [3.63, 3.8) is 0 Å². The van der Waals surface area contributed by atoms with E-state index in [4.69, 9.17) is 4.74 Å². The first-order chi connectivity index (χ1) is 13.8. The summed E-state index contributed by atoms with van der Waals surface area (Å²) >= 11 is 0. The maximum absolute atomic E-state index is 6.57. The molecule has 4 rings (SSSR count). The first-order valence-electron chi connectivity index (χ1n) is 10.5. The fourth-order valence-electron chi connectivity index (χ4n) is 4.67. The normalized spacial score (nSPS) is 17.0. The summed E-state index contributed by atoms with van der Waals surface area (Å²) in [5.74, 6) is 1.29. The van der Waals surface area contributed by atoms with E-state index in [-0.39, 0.29) is 11.5 Å². The Labute approximate surface area is 174 Å². The molecule has 3 aromatic rings. The lowest BCUT2D eigenvalue weighted by Gasteiger charge is -2.27. The van der Waals surface area contributed by atoms with Gasteiger partial charge >= 0.3 is 0 Å². The third kappa shape index (κ3) is 3.42. The number of rotatable bonds is 4. The van der Waals surface area contributed by atoms with Crippen molar-refractivity contribution < 1.29 is 4.74 Å². The Hall–Kier alpha value is -2.74. The van der Waals surface area contributed by atoms with E-state index in [1.807, 2.05) is 0 Å². The highest BCUT2D eigenvalue weighted by Crippen LogP contribution is 2.53. The van der Waals surface area contributed by atoms with Crippen LogP contribution in [0.2, 0.25) is 0 Å². The van der Waals surface area contributed by atoms with Gasteiger partial charge in [0, 0.05) is 17.8 Å². The van der Waals surface area contributed by atoms with Crippen LogP contribution < -0.4 is 10.1 Å². The summed E-state index contributed by atoms with van der Waals surface area (Å²) in [6.45, 7) is 14.0. The minimum absolute atomic E-state index is 0.217. The highest BCUT2D eigenvalue weighted by Gasteiger charge is 2.44. The average Bonchev–Trinajstić information content (AvgIpc) is 2.99. The topological polar surface area (TPSA) is 21.3 Å². The molecule has 0 spiro atoms. The molecule has 150 valence electrons. The predicted octanol–water partition coefficient (Wildman–Crippen LogP) is 6.84. The molecule has 0 radical (unpaired) electrons. The average molecular weight is 386 g/mol. The predicted molar refractivity (Wildman–Crippen MR) is 122 cm³/mol. The summed E-state index contributed by atoms with van der Waals surface area (Å²) in [4.78, 5) is 0. The van der Waals surface area contributed by atoms with Gasteiger partial charge in [-0.3, -0.25) is 0 Å². The summed E-state index contributed by atoms with van der Waals surface area (Å²) in [6.07, 6.45) is 0. The van der Waals surface area contributed by atoms with E-state index in [1.54, 1.807) is 0 Å². The van der Waals surface area contributed by atoms with Crippen molar-refractivity contribution in [2.24, 2.45) is 0 Å². The third-order valence-electron chi connectivity index (χ3n) is 6.37. The Morgan fingerprint density at radius 1 is 0.828 bits per heavy atom. The number of ether oxygens (including phenoxy) is 1. The third-order valence-corrected chi connectivity index (χ3v) is 6.37. The molecule has 0 aliphatic carbocycles. The Balaban J connectivity index is 1.81. The van der Waals surface area contributed by atoms with E-state index in [0.717, 1.165) is 12.3 Å². The number of benzene rings is 3. The quantitative estimate of drug-likeness (QED) is 0.531. The molecule has 3 aromatic carbocycles. The highest BCUT2D eigenvalue weighted by molar-refractivity contribution is 5.71. The van der Waals surface area contributed by atoms with Crippen LogP contribution in [0, 0.1) is 27.7 Å². The summed E-state index contributed by atoms with van der Waals surface area (Å²) in [7, 11) is 0. The van der Waals surface area contributed by atoms with Crippen LogP contribution in [0.1, 0.15) is 58.7 Å². The molecule has 2 nitrogen and oxygen atoms in total. The van der Waals surface area contributed by atoms with Crippen LogP contribution in [0.4, 0.5) is 5.69 Å². The molecule has 1 aliphatic rings. The van der Waals surface area contributed by atoms with Crippen LogP contribution in [0.15, 0.2) is 54.6 Å². The second kappa shape index (κ2) is 7.26. The Morgan fingerprint density at radius 2 is 1.48 bits per heavy atom. The van der Waals surface area contributed by atoms with Crippen molar-refractivity contribution in [2.75, 3.05) is 5.32 Å². The minimum atomic E-state index is -0.280. The first-order valence-corrected chi connectivity index (χ1v) is 10.5. The number of hydrogen-bond donors (Lipinski definition) is 1. The number of anilines is 1. The van der Waals surface area contributed by atoms with Gasteiger partial charge in [-0.15, -0.1) is 0 Å². The van der Waals surface area contributed by atoms with Crippen molar-refractivity contribution in [3.8, 4) is 5.75 Å². The van der Waals surface area contributed by atoms with Crippen molar-refractivity contribution >= 4 is 5.69 Å². The van der Waals surface area contributed by atoms with Gasteiger partial charge in [-0.25, -0.2) is 0 Å². The molecular weight excluding hydrogens is 354 g/mol. The van der Waals surface area contributed by atoms with Crippen molar-refractivity contribution in [1.82, 2.24) is 0 Å². The highest BCUT2D eigenvalue weighted by atomic mass is 16.5. The standard InChI is InChI=1S/C27H31NO/c1-17-12-14-22(15-13-17)24-23-20(4)25(28-16-21-10-8-7-9-11-21)18(2)19(3)26(23)29-27(24,5)6/h7-15,24,28H,16H2,1-6H3. The van der Waals surface area contributed by atoms with Gasteiger partial charge in [0.2, 0.25) is 0 Å². The van der Waals surface area contributed by atoms with Gasteiger partial charge in [0.1, 0.15) is 11.4 Å². The van der Waals surface area contributed by atoms with Crippen molar-refractivity contribution in [1.29, 1.82) is 0 Å². The fourth-order valence-corrected chi connectivity index (χ4v) is 4.67. The smallest absolute Gasteiger partial charge is 0.127 e. The van der Waals surface area contributed by atoms with Gasteiger partial charge in [0.05, 0.1) is 5.92 Å². The molecule has 1 N–H and O–H groups in total. The molecular formula is C27H31NO. The number of nitrogens with one attached hydrogen (secondary N) is 1. The zero-order valence-electron chi connectivity index (χ0n) is 18.4. The number of aryl methyl sites for hydroxylation is 1. The Bertz CT molecular complexity index is 1030. The van der Waals surface area contributed by atoms with Crippen molar-refractivity contribution in [2.45, 2.75) is 59.6 Å². The summed E-state index contributed by atoms with van der Waals surface area (Å²) in [6, 6.07) is 19.5.